The van der Waals surface area contributed by atoms with Gasteiger partial charge in [-0.15, -0.1) is 0 Å². The third-order valence-corrected chi connectivity index (χ3v) is 9.75. The van der Waals surface area contributed by atoms with Crippen molar-refractivity contribution in [3.8, 4) is 0 Å². The molecule has 2 saturated carbocycles. The maximum absolute atomic E-state index is 14.2. The number of primary amides is 1. The van der Waals surface area contributed by atoms with Gasteiger partial charge < -0.3 is 19.9 Å². The molecular formula is C31H41N5O5. The van der Waals surface area contributed by atoms with Crippen LogP contribution in [0.4, 0.5) is 0 Å². The molecule has 2 saturated heterocycles. The summed E-state index contributed by atoms with van der Waals surface area (Å²) in [7, 11) is 0. The number of fused-ring (bicyclic) bond motifs is 5. The van der Waals surface area contributed by atoms with Crippen molar-refractivity contribution in [2.45, 2.75) is 102 Å². The monoisotopic (exact) mass is 563 g/mol. The first-order valence-corrected chi connectivity index (χ1v) is 15.4. The van der Waals surface area contributed by atoms with Crippen LogP contribution in [0.15, 0.2) is 34.2 Å². The lowest BCUT2D eigenvalue weighted by atomic mass is 9.68. The smallest absolute Gasteiger partial charge is 0.362 e. The van der Waals surface area contributed by atoms with Crippen LogP contribution in [0.2, 0.25) is 0 Å². The number of esters is 1. The van der Waals surface area contributed by atoms with E-state index in [0.717, 1.165) is 43.0 Å². The van der Waals surface area contributed by atoms with E-state index in [-0.39, 0.29) is 24.1 Å². The van der Waals surface area contributed by atoms with Gasteiger partial charge in [0, 0.05) is 24.2 Å². The van der Waals surface area contributed by atoms with E-state index in [1.165, 1.54) is 44.9 Å². The van der Waals surface area contributed by atoms with Gasteiger partial charge in [-0.05, 0) is 75.8 Å². The Morgan fingerprint density at radius 3 is 2.32 bits per heavy atom. The summed E-state index contributed by atoms with van der Waals surface area (Å²) in [4.78, 5) is 50.8. The Morgan fingerprint density at radius 1 is 0.951 bits per heavy atom. The van der Waals surface area contributed by atoms with E-state index in [9.17, 15) is 14.4 Å². The number of aromatic nitrogens is 2. The Balaban J connectivity index is 1.36. The van der Waals surface area contributed by atoms with E-state index in [4.69, 9.17) is 15.3 Å². The van der Waals surface area contributed by atoms with E-state index in [0.29, 0.717) is 23.6 Å². The second kappa shape index (κ2) is 11.9. The molecule has 41 heavy (non-hydrogen) atoms. The Morgan fingerprint density at radius 2 is 1.63 bits per heavy atom. The van der Waals surface area contributed by atoms with Crippen LogP contribution in [0.5, 0.6) is 0 Å². The normalized spacial score (nSPS) is 30.1. The van der Waals surface area contributed by atoms with Gasteiger partial charge in [-0.1, -0.05) is 43.0 Å². The Labute approximate surface area is 240 Å². The van der Waals surface area contributed by atoms with Gasteiger partial charge in [0.1, 0.15) is 0 Å². The number of carbonyl (C=O) groups excluding carboxylic acids is 2. The Hall–Kier alpha value is -3.27. The van der Waals surface area contributed by atoms with Crippen molar-refractivity contribution < 1.29 is 19.2 Å². The van der Waals surface area contributed by atoms with E-state index >= 15 is 0 Å². The summed E-state index contributed by atoms with van der Waals surface area (Å²) in [5.41, 5.74) is 5.61. The second-order valence-corrected chi connectivity index (χ2v) is 12.4. The van der Waals surface area contributed by atoms with Gasteiger partial charge in [-0.2, -0.15) is 0 Å². The molecule has 1 aromatic heterocycles. The highest BCUT2D eigenvalue weighted by atomic mass is 16.6. The van der Waals surface area contributed by atoms with Crippen molar-refractivity contribution in [3.63, 3.8) is 0 Å². The molecule has 2 N–H and O–H groups in total. The molecule has 4 fully saturated rings. The van der Waals surface area contributed by atoms with Crippen molar-refractivity contribution in [2.24, 2.45) is 22.7 Å². The minimum absolute atomic E-state index is 0.0289. The number of hydrogen-bond donors (Lipinski definition) is 1. The average molecular weight is 564 g/mol. The first kappa shape index (κ1) is 27.9. The molecule has 10 heteroatoms. The largest absolute Gasteiger partial charge is 0.461 e. The van der Waals surface area contributed by atoms with Crippen molar-refractivity contribution in [2.75, 3.05) is 13.2 Å². The number of nitrogens with two attached hydrogens (primary N) is 1. The average Bonchev–Trinajstić information content (AvgIpc) is 2.94. The van der Waals surface area contributed by atoms with Gasteiger partial charge in [0.2, 0.25) is 5.71 Å². The molecule has 2 aliphatic carbocycles. The fraction of sp³-hybridized carbons (Fsp3) is 0.645. The molecule has 2 aliphatic heterocycles. The topological polar surface area (TPSA) is 129 Å². The molecule has 4 bridgehead atoms. The number of nitrogens with zero attached hydrogens (tertiary/aromatic N) is 4. The predicted molar refractivity (Wildman–Crippen MR) is 154 cm³/mol. The van der Waals surface area contributed by atoms with Crippen LogP contribution in [0.1, 0.15) is 89.3 Å². The zero-order valence-corrected chi connectivity index (χ0v) is 23.9. The summed E-state index contributed by atoms with van der Waals surface area (Å²) in [5, 5.41) is 3.82. The predicted octanol–water partition coefficient (Wildman–Crippen LogP) is 3.69. The zero-order valence-electron chi connectivity index (χ0n) is 23.9. The van der Waals surface area contributed by atoms with Crippen LogP contribution in [0.3, 0.4) is 0 Å². The van der Waals surface area contributed by atoms with E-state index in [2.05, 4.69) is 15.0 Å². The van der Waals surface area contributed by atoms with Crippen molar-refractivity contribution >= 4 is 28.6 Å². The number of carbonyl (C=O) groups is 2. The van der Waals surface area contributed by atoms with Crippen molar-refractivity contribution in [3.05, 3.63) is 40.3 Å². The van der Waals surface area contributed by atoms with E-state index in [1.54, 1.807) is 6.92 Å². The maximum atomic E-state index is 14.2. The lowest BCUT2D eigenvalue weighted by molar-refractivity contribution is -0.135. The number of benzene rings is 1. The highest BCUT2D eigenvalue weighted by Gasteiger charge is 2.45. The minimum atomic E-state index is -0.835. The molecule has 10 nitrogen and oxygen atoms in total. The third kappa shape index (κ3) is 5.63. The molecule has 1 amide bonds. The summed E-state index contributed by atoms with van der Waals surface area (Å²) in [6.45, 7) is 1.22. The molecule has 4 unspecified atom stereocenters. The zero-order chi connectivity index (χ0) is 28.5. The molecular weight excluding hydrogens is 522 g/mol. The first-order chi connectivity index (χ1) is 19.9. The highest BCUT2D eigenvalue weighted by molar-refractivity contribution is 6.42. The minimum Gasteiger partial charge on any atom is -0.461 e. The van der Waals surface area contributed by atoms with Crippen LogP contribution in [0, 0.1) is 11.8 Å². The van der Waals surface area contributed by atoms with Crippen molar-refractivity contribution in [1.82, 2.24) is 14.5 Å². The molecule has 6 rings (SSSR count). The summed E-state index contributed by atoms with van der Waals surface area (Å²) < 4.78 is 7.01. The van der Waals surface area contributed by atoms with Crippen LogP contribution in [0.25, 0.3) is 11.0 Å². The quantitative estimate of drug-likeness (QED) is 0.295. The van der Waals surface area contributed by atoms with E-state index < -0.39 is 24.0 Å². The summed E-state index contributed by atoms with van der Waals surface area (Å²) in [5.74, 6) is 0.161. The van der Waals surface area contributed by atoms with Gasteiger partial charge in [0.25, 0.3) is 11.5 Å². The molecule has 2 aromatic rings. The maximum Gasteiger partial charge on any atom is 0.362 e. The number of amides is 1. The number of piperidine rings is 2. The van der Waals surface area contributed by atoms with Crippen LogP contribution < -0.4 is 11.3 Å². The number of ether oxygens (including phenoxy) is 1. The van der Waals surface area contributed by atoms with Gasteiger partial charge in [0.05, 0.1) is 17.6 Å². The SMILES string of the molecule is CCOC(=O)C(=NOCC(N)=O)c1nc2ccccc2n(C2CC3CCCC(C2)N3C2CC3CCCC(C3)C2)c1=O. The number of hydrogen-bond acceptors (Lipinski definition) is 8. The lowest BCUT2D eigenvalue weighted by Crippen LogP contribution is -2.58. The van der Waals surface area contributed by atoms with Gasteiger partial charge in [-0.3, -0.25) is 14.5 Å². The van der Waals surface area contributed by atoms with Gasteiger partial charge in [0.15, 0.2) is 12.3 Å². The van der Waals surface area contributed by atoms with Crippen LogP contribution in [-0.4, -0.2) is 63.4 Å². The molecule has 4 atom stereocenters. The molecule has 1 aromatic carbocycles. The first-order valence-electron chi connectivity index (χ1n) is 15.4. The number of rotatable bonds is 8. The fourth-order valence-electron chi connectivity index (χ4n) is 8.34. The number of oxime groups is 1. The molecule has 4 aliphatic rings. The Kier molecular flexibility index (Phi) is 8.10. The van der Waals surface area contributed by atoms with Crippen LogP contribution in [-0.2, 0) is 19.2 Å². The molecule has 220 valence electrons. The van der Waals surface area contributed by atoms with Crippen LogP contribution >= 0.6 is 0 Å². The summed E-state index contributed by atoms with van der Waals surface area (Å²) in [6, 6.07) is 9.02. The summed E-state index contributed by atoms with van der Waals surface area (Å²) in [6.07, 6.45) is 13.5. The van der Waals surface area contributed by atoms with E-state index in [1.807, 2.05) is 28.8 Å². The van der Waals surface area contributed by atoms with Gasteiger partial charge in [-0.25, -0.2) is 9.78 Å². The molecule has 0 radical (unpaired) electrons. The standard InChI is InChI=1S/C31H41N5O5/c1-2-40-31(39)29(34-41-18-27(32)37)28-30(38)36(26-12-4-3-11-25(26)33-28)24-16-21-9-6-10-22(17-24)35(21)23-14-19-7-5-8-20(13-19)15-23/h3-4,11-12,19-24H,2,5-10,13-18H2,1H3,(H2,32,37). The van der Waals surface area contributed by atoms with Crippen molar-refractivity contribution in [1.29, 1.82) is 0 Å². The lowest BCUT2D eigenvalue weighted by Gasteiger charge is -2.55. The Bertz CT molecular complexity index is 1360. The molecule has 0 spiro atoms. The fourth-order valence-corrected chi connectivity index (χ4v) is 8.34. The highest BCUT2D eigenvalue weighted by Crippen LogP contribution is 2.47. The molecule has 3 heterocycles. The second-order valence-electron chi connectivity index (χ2n) is 12.4. The third-order valence-electron chi connectivity index (χ3n) is 9.75. The van der Waals surface area contributed by atoms with Gasteiger partial charge >= 0.3 is 5.97 Å². The number of para-hydroxylation sites is 2. The summed E-state index contributed by atoms with van der Waals surface area (Å²) >= 11 is 0.